The van der Waals surface area contributed by atoms with Crippen molar-refractivity contribution in [3.05, 3.63) is 58.7 Å². The molecule has 0 bridgehead atoms. The van der Waals surface area contributed by atoms with Crippen LogP contribution in [0.5, 0.6) is 11.5 Å². The third kappa shape index (κ3) is 3.55. The van der Waals surface area contributed by atoms with E-state index in [1.54, 1.807) is 30.9 Å². The number of anilines is 2. The largest absolute Gasteiger partial charge is 0.495 e. The number of ether oxygens (including phenoxy) is 2. The first-order valence-corrected chi connectivity index (χ1v) is 10.6. The highest BCUT2D eigenvalue weighted by molar-refractivity contribution is 6.32. The topological polar surface area (TPSA) is 73.6 Å². The summed E-state index contributed by atoms with van der Waals surface area (Å²) in [5.41, 5.74) is 3.89. The summed E-state index contributed by atoms with van der Waals surface area (Å²) in [5.74, 6) is 3.23. The summed E-state index contributed by atoms with van der Waals surface area (Å²) in [6, 6.07) is 13.5. The standard InChI is InChI=1S/C23H22ClN5O2/c1-30-19-13-20(31-2)18(12-16(19)24)25-22-15-10-6-7-11-17(15)26-23-27-21(28-29(22)23)14-8-4-3-5-9-14/h3-5,8-9,12-13,25H,6-7,10-11H2,1-2H3. The summed E-state index contributed by atoms with van der Waals surface area (Å²) in [7, 11) is 3.20. The zero-order valence-electron chi connectivity index (χ0n) is 17.4. The highest BCUT2D eigenvalue weighted by Gasteiger charge is 2.22. The Kier molecular flexibility index (Phi) is 5.11. The van der Waals surface area contributed by atoms with Crippen LogP contribution in [-0.4, -0.2) is 33.8 Å². The van der Waals surface area contributed by atoms with Crippen molar-refractivity contribution in [2.24, 2.45) is 0 Å². The van der Waals surface area contributed by atoms with E-state index in [1.807, 2.05) is 30.3 Å². The number of rotatable bonds is 5. The normalized spacial score (nSPS) is 13.1. The lowest BCUT2D eigenvalue weighted by Gasteiger charge is -2.21. The first-order valence-electron chi connectivity index (χ1n) is 10.2. The Labute approximate surface area is 185 Å². The number of halogens is 1. The van der Waals surface area contributed by atoms with Gasteiger partial charge in [-0.05, 0) is 31.7 Å². The molecular formula is C23H22ClN5O2. The quantitative estimate of drug-likeness (QED) is 0.471. The molecule has 0 aliphatic heterocycles. The van der Waals surface area contributed by atoms with Crippen molar-refractivity contribution in [3.63, 3.8) is 0 Å². The number of fused-ring (bicyclic) bond motifs is 2. The van der Waals surface area contributed by atoms with Crippen molar-refractivity contribution < 1.29 is 9.47 Å². The Morgan fingerprint density at radius 3 is 2.52 bits per heavy atom. The van der Waals surface area contributed by atoms with Gasteiger partial charge in [-0.2, -0.15) is 9.50 Å². The van der Waals surface area contributed by atoms with Crippen LogP contribution in [0, 0.1) is 0 Å². The molecule has 0 unspecified atom stereocenters. The van der Waals surface area contributed by atoms with E-state index in [0.29, 0.717) is 28.1 Å². The Balaban J connectivity index is 1.68. The zero-order chi connectivity index (χ0) is 21.4. The molecule has 2 aromatic heterocycles. The molecule has 1 aliphatic rings. The maximum absolute atomic E-state index is 6.40. The minimum atomic E-state index is 0.494. The summed E-state index contributed by atoms with van der Waals surface area (Å²) in [4.78, 5) is 9.53. The maximum atomic E-state index is 6.40. The van der Waals surface area contributed by atoms with Crippen LogP contribution < -0.4 is 14.8 Å². The molecule has 0 amide bonds. The number of hydrogen-bond acceptors (Lipinski definition) is 6. The van der Waals surface area contributed by atoms with E-state index in [9.17, 15) is 0 Å². The van der Waals surface area contributed by atoms with Gasteiger partial charge >= 0.3 is 0 Å². The summed E-state index contributed by atoms with van der Waals surface area (Å²) in [5, 5.41) is 8.78. The van der Waals surface area contributed by atoms with Crippen LogP contribution in [0.4, 0.5) is 11.5 Å². The first-order chi connectivity index (χ1) is 15.2. The van der Waals surface area contributed by atoms with E-state index >= 15 is 0 Å². The third-order valence-corrected chi connectivity index (χ3v) is 5.82. The van der Waals surface area contributed by atoms with Crippen LogP contribution >= 0.6 is 11.6 Å². The molecule has 2 heterocycles. The lowest BCUT2D eigenvalue weighted by molar-refractivity contribution is 0.396. The van der Waals surface area contributed by atoms with Gasteiger partial charge in [0.2, 0.25) is 0 Å². The van der Waals surface area contributed by atoms with Gasteiger partial charge in [0, 0.05) is 17.2 Å². The number of nitrogens with zero attached hydrogens (tertiary/aromatic N) is 4. The number of aromatic nitrogens is 4. The van der Waals surface area contributed by atoms with Crippen LogP contribution in [0.2, 0.25) is 5.02 Å². The van der Waals surface area contributed by atoms with Crippen LogP contribution in [0.25, 0.3) is 17.2 Å². The van der Waals surface area contributed by atoms with Gasteiger partial charge in [-0.3, -0.25) is 0 Å². The fourth-order valence-electron chi connectivity index (χ4n) is 3.97. The molecule has 2 aromatic carbocycles. The van der Waals surface area contributed by atoms with Crippen molar-refractivity contribution in [1.29, 1.82) is 0 Å². The number of methoxy groups -OCH3 is 2. The van der Waals surface area contributed by atoms with E-state index in [-0.39, 0.29) is 0 Å². The van der Waals surface area contributed by atoms with Gasteiger partial charge < -0.3 is 14.8 Å². The van der Waals surface area contributed by atoms with E-state index < -0.39 is 0 Å². The number of hydrogen-bond donors (Lipinski definition) is 1. The minimum absolute atomic E-state index is 0.494. The smallest absolute Gasteiger partial charge is 0.254 e. The Hall–Kier alpha value is -3.32. The second-order valence-electron chi connectivity index (χ2n) is 7.42. The molecule has 1 N–H and O–H groups in total. The second-order valence-corrected chi connectivity index (χ2v) is 7.83. The van der Waals surface area contributed by atoms with Gasteiger partial charge in [0.1, 0.15) is 17.3 Å². The van der Waals surface area contributed by atoms with E-state index in [0.717, 1.165) is 54.0 Å². The summed E-state index contributed by atoms with van der Waals surface area (Å²) < 4.78 is 12.7. The van der Waals surface area contributed by atoms with Gasteiger partial charge in [-0.25, -0.2) is 4.98 Å². The fraction of sp³-hybridized carbons (Fsp3) is 0.261. The Morgan fingerprint density at radius 1 is 0.968 bits per heavy atom. The van der Waals surface area contributed by atoms with Gasteiger partial charge in [0.15, 0.2) is 5.82 Å². The zero-order valence-corrected chi connectivity index (χ0v) is 18.1. The van der Waals surface area contributed by atoms with Crippen molar-refractivity contribution in [2.75, 3.05) is 19.5 Å². The van der Waals surface area contributed by atoms with Crippen molar-refractivity contribution in [2.45, 2.75) is 25.7 Å². The molecule has 1 aliphatic carbocycles. The maximum Gasteiger partial charge on any atom is 0.254 e. The predicted molar refractivity (Wildman–Crippen MR) is 121 cm³/mol. The number of aryl methyl sites for hydroxylation is 1. The highest BCUT2D eigenvalue weighted by atomic mass is 35.5. The van der Waals surface area contributed by atoms with Crippen molar-refractivity contribution in [3.8, 4) is 22.9 Å². The third-order valence-electron chi connectivity index (χ3n) is 5.52. The monoisotopic (exact) mass is 435 g/mol. The molecule has 0 radical (unpaired) electrons. The van der Waals surface area contributed by atoms with Crippen molar-refractivity contribution >= 4 is 28.9 Å². The molecule has 0 spiro atoms. The Morgan fingerprint density at radius 2 is 1.74 bits per heavy atom. The lowest BCUT2D eigenvalue weighted by atomic mass is 9.96. The van der Waals surface area contributed by atoms with Crippen molar-refractivity contribution in [1.82, 2.24) is 19.6 Å². The SMILES string of the molecule is COc1cc(OC)c(Nc2c3c(nc4nc(-c5ccccc5)nn24)CCCC3)cc1Cl. The van der Waals surface area contributed by atoms with Gasteiger partial charge in [-0.1, -0.05) is 41.9 Å². The van der Waals surface area contributed by atoms with E-state index in [2.05, 4.69) is 5.32 Å². The molecule has 0 saturated heterocycles. The van der Waals surface area contributed by atoms with Crippen LogP contribution in [-0.2, 0) is 12.8 Å². The fourth-order valence-corrected chi connectivity index (χ4v) is 4.21. The average molecular weight is 436 g/mol. The van der Waals surface area contributed by atoms with Gasteiger partial charge in [-0.15, -0.1) is 5.10 Å². The second kappa shape index (κ2) is 8.07. The summed E-state index contributed by atoms with van der Waals surface area (Å²) in [6.45, 7) is 0. The molecule has 0 atom stereocenters. The van der Waals surface area contributed by atoms with Crippen LogP contribution in [0.1, 0.15) is 24.1 Å². The molecule has 0 fully saturated rings. The minimum Gasteiger partial charge on any atom is -0.495 e. The highest BCUT2D eigenvalue weighted by Crippen LogP contribution is 2.39. The molecule has 0 saturated carbocycles. The average Bonchev–Trinajstić information content (AvgIpc) is 3.24. The number of nitrogens with one attached hydrogen (secondary N) is 1. The molecule has 4 aromatic rings. The van der Waals surface area contributed by atoms with E-state index in [1.165, 1.54) is 0 Å². The summed E-state index contributed by atoms with van der Waals surface area (Å²) >= 11 is 6.40. The molecule has 8 heteroatoms. The predicted octanol–water partition coefficient (Wildman–Crippen LogP) is 5.08. The molecule has 31 heavy (non-hydrogen) atoms. The summed E-state index contributed by atoms with van der Waals surface area (Å²) in [6.07, 6.45) is 4.07. The Bertz CT molecular complexity index is 1260. The van der Waals surface area contributed by atoms with E-state index in [4.69, 9.17) is 36.1 Å². The molecule has 158 valence electrons. The van der Waals surface area contributed by atoms with Gasteiger partial charge in [0.05, 0.1) is 30.6 Å². The van der Waals surface area contributed by atoms with Crippen LogP contribution in [0.15, 0.2) is 42.5 Å². The molecule has 7 nitrogen and oxygen atoms in total. The molecule has 5 rings (SSSR count). The first kappa shape index (κ1) is 19.6. The molecular weight excluding hydrogens is 414 g/mol. The lowest BCUT2D eigenvalue weighted by Crippen LogP contribution is -2.14. The number of benzene rings is 2. The van der Waals surface area contributed by atoms with Gasteiger partial charge in [0.25, 0.3) is 5.78 Å². The van der Waals surface area contributed by atoms with Crippen LogP contribution in [0.3, 0.4) is 0 Å².